The fourth-order valence-corrected chi connectivity index (χ4v) is 4.11. The minimum absolute atomic E-state index is 0.0302. The average Bonchev–Trinajstić information content (AvgIpc) is 3.25. The first-order chi connectivity index (χ1) is 13.7. The Balaban J connectivity index is 1.44. The van der Waals surface area contributed by atoms with Crippen LogP contribution < -0.4 is 11.3 Å². The first-order valence-corrected chi connectivity index (χ1v) is 10.2. The van der Waals surface area contributed by atoms with Gasteiger partial charge in [-0.15, -0.1) is 0 Å². The molecule has 5 nitrogen and oxygen atoms in total. The molecule has 0 radical (unpaired) electrons. The lowest BCUT2D eigenvalue weighted by molar-refractivity contribution is 0.316. The maximum atomic E-state index is 12.6. The van der Waals surface area contributed by atoms with E-state index in [4.69, 9.17) is 10.2 Å². The van der Waals surface area contributed by atoms with Crippen LogP contribution in [-0.4, -0.2) is 9.55 Å². The normalized spacial score (nSPS) is 15.0. The second-order valence-electron chi connectivity index (χ2n) is 7.74. The van der Waals surface area contributed by atoms with Gasteiger partial charge in [0, 0.05) is 18.2 Å². The van der Waals surface area contributed by atoms with Crippen molar-refractivity contribution in [3.63, 3.8) is 0 Å². The van der Waals surface area contributed by atoms with Crippen molar-refractivity contribution in [2.75, 3.05) is 5.73 Å². The maximum absolute atomic E-state index is 12.6. The molecule has 1 aromatic carbocycles. The van der Waals surface area contributed by atoms with E-state index in [-0.39, 0.29) is 5.56 Å². The molecule has 146 valence electrons. The molecule has 1 saturated carbocycles. The van der Waals surface area contributed by atoms with Gasteiger partial charge in [0.05, 0.1) is 12.0 Å². The largest absolute Gasteiger partial charge is 0.464 e. The van der Waals surface area contributed by atoms with Gasteiger partial charge in [-0.3, -0.25) is 9.36 Å². The molecule has 5 heteroatoms. The maximum Gasteiger partial charge on any atom is 0.255 e. The van der Waals surface area contributed by atoms with Gasteiger partial charge in [0.25, 0.3) is 5.56 Å². The van der Waals surface area contributed by atoms with Gasteiger partial charge in [0.1, 0.15) is 5.76 Å². The molecule has 2 N–H and O–H groups in total. The van der Waals surface area contributed by atoms with Crippen LogP contribution in [0.4, 0.5) is 5.95 Å². The van der Waals surface area contributed by atoms with Crippen LogP contribution in [0.3, 0.4) is 0 Å². The molecule has 0 aliphatic heterocycles. The predicted molar refractivity (Wildman–Crippen MR) is 111 cm³/mol. The molecule has 3 aromatic rings. The molecule has 0 bridgehead atoms. The Morgan fingerprint density at radius 1 is 1.07 bits per heavy atom. The van der Waals surface area contributed by atoms with Crippen molar-refractivity contribution in [3.05, 3.63) is 70.3 Å². The molecular formula is C23H27N3O2. The second-order valence-corrected chi connectivity index (χ2v) is 7.74. The number of anilines is 1. The minimum Gasteiger partial charge on any atom is -0.464 e. The van der Waals surface area contributed by atoms with E-state index in [1.54, 1.807) is 16.9 Å². The number of hydrogen-bond acceptors (Lipinski definition) is 4. The third kappa shape index (κ3) is 4.35. The number of nitrogens with two attached hydrogens (primary N) is 1. The molecule has 28 heavy (non-hydrogen) atoms. The van der Waals surface area contributed by atoms with Crippen LogP contribution in [-0.2, 0) is 19.4 Å². The van der Waals surface area contributed by atoms with E-state index in [1.807, 2.05) is 24.3 Å². The number of aromatic nitrogens is 2. The topological polar surface area (TPSA) is 74.1 Å². The van der Waals surface area contributed by atoms with Crippen molar-refractivity contribution in [1.29, 1.82) is 0 Å². The molecule has 2 heterocycles. The molecule has 0 amide bonds. The van der Waals surface area contributed by atoms with E-state index in [2.05, 4.69) is 17.1 Å². The number of furan rings is 1. The fraction of sp³-hybridized carbons (Fsp3) is 0.391. The molecule has 4 rings (SSSR count). The summed E-state index contributed by atoms with van der Waals surface area (Å²) < 4.78 is 7.12. The number of hydrogen-bond donors (Lipinski definition) is 1. The second kappa shape index (κ2) is 8.46. The number of rotatable bonds is 6. The summed E-state index contributed by atoms with van der Waals surface area (Å²) in [6.45, 7) is 0.698. The summed E-state index contributed by atoms with van der Waals surface area (Å²) >= 11 is 0. The molecule has 1 fully saturated rings. The van der Waals surface area contributed by atoms with E-state index in [1.165, 1.54) is 37.7 Å². The predicted octanol–water partition coefficient (Wildman–Crippen LogP) is 4.45. The zero-order valence-corrected chi connectivity index (χ0v) is 16.1. The highest BCUT2D eigenvalue weighted by atomic mass is 16.3. The van der Waals surface area contributed by atoms with Crippen molar-refractivity contribution >= 4 is 5.95 Å². The minimum atomic E-state index is -0.0302. The van der Waals surface area contributed by atoms with Crippen LogP contribution in [0.1, 0.15) is 43.4 Å². The number of benzene rings is 1. The number of nitrogens with zero attached hydrogens (tertiary/aromatic N) is 2. The Hall–Kier alpha value is -2.82. The summed E-state index contributed by atoms with van der Waals surface area (Å²) in [4.78, 5) is 17.1. The van der Waals surface area contributed by atoms with Gasteiger partial charge in [0.2, 0.25) is 5.95 Å². The van der Waals surface area contributed by atoms with Gasteiger partial charge in [-0.25, -0.2) is 4.98 Å². The van der Waals surface area contributed by atoms with Gasteiger partial charge in [0.15, 0.2) is 0 Å². The van der Waals surface area contributed by atoms with Crippen molar-refractivity contribution < 1.29 is 4.42 Å². The molecule has 0 saturated heterocycles. The van der Waals surface area contributed by atoms with Crippen LogP contribution >= 0.6 is 0 Å². The lowest BCUT2D eigenvalue weighted by Crippen LogP contribution is -2.28. The summed E-state index contributed by atoms with van der Waals surface area (Å²) in [6.07, 6.45) is 9.33. The SMILES string of the molecule is Nc1nc(CCc2cccc(-c3ccco3)c2)cc(=O)n1CC1CCCCC1. The monoisotopic (exact) mass is 377 g/mol. The Labute approximate surface area is 165 Å². The summed E-state index contributed by atoms with van der Waals surface area (Å²) in [5.41, 5.74) is 9.10. The third-order valence-electron chi connectivity index (χ3n) is 5.66. The summed E-state index contributed by atoms with van der Waals surface area (Å²) in [7, 11) is 0. The molecule has 0 spiro atoms. The van der Waals surface area contributed by atoms with Crippen molar-refractivity contribution in [2.24, 2.45) is 5.92 Å². The van der Waals surface area contributed by atoms with Crippen molar-refractivity contribution in [3.8, 4) is 11.3 Å². The smallest absolute Gasteiger partial charge is 0.255 e. The van der Waals surface area contributed by atoms with Gasteiger partial charge in [-0.05, 0) is 55.4 Å². The van der Waals surface area contributed by atoms with E-state index in [0.717, 1.165) is 23.4 Å². The Kier molecular flexibility index (Phi) is 5.60. The first-order valence-electron chi connectivity index (χ1n) is 10.2. The lowest BCUT2D eigenvalue weighted by Gasteiger charge is -2.23. The molecule has 2 aromatic heterocycles. The first kappa shape index (κ1) is 18.5. The van der Waals surface area contributed by atoms with E-state index >= 15 is 0 Å². The Morgan fingerprint density at radius 2 is 1.93 bits per heavy atom. The molecule has 0 unspecified atom stereocenters. The van der Waals surface area contributed by atoms with Gasteiger partial charge in [-0.1, -0.05) is 37.5 Å². The standard InChI is InChI=1S/C23H27N3O2/c24-23-25-20(15-22(27)26(23)16-18-6-2-1-3-7-18)12-11-17-8-4-9-19(14-17)21-10-5-13-28-21/h4-5,8-10,13-15,18H,1-3,6-7,11-12,16H2,(H2,24,25). The van der Waals surface area contributed by atoms with Crippen LogP contribution in [0.5, 0.6) is 0 Å². The van der Waals surface area contributed by atoms with E-state index in [0.29, 0.717) is 24.8 Å². The highest BCUT2D eigenvalue weighted by Gasteiger charge is 2.16. The number of aryl methyl sites for hydroxylation is 2. The van der Waals surface area contributed by atoms with Gasteiger partial charge < -0.3 is 10.2 Å². The number of nitrogen functional groups attached to an aromatic ring is 1. The van der Waals surface area contributed by atoms with Gasteiger partial charge in [-0.2, -0.15) is 0 Å². The van der Waals surface area contributed by atoms with Crippen molar-refractivity contribution in [2.45, 2.75) is 51.5 Å². The molecular weight excluding hydrogens is 350 g/mol. The zero-order chi connectivity index (χ0) is 19.3. The molecule has 1 aliphatic carbocycles. The highest BCUT2D eigenvalue weighted by Crippen LogP contribution is 2.25. The van der Waals surface area contributed by atoms with Crippen LogP contribution in [0, 0.1) is 5.92 Å². The average molecular weight is 377 g/mol. The van der Waals surface area contributed by atoms with E-state index in [9.17, 15) is 4.79 Å². The zero-order valence-electron chi connectivity index (χ0n) is 16.1. The molecule has 0 atom stereocenters. The van der Waals surface area contributed by atoms with Gasteiger partial charge >= 0.3 is 0 Å². The molecule has 1 aliphatic rings. The van der Waals surface area contributed by atoms with Crippen LogP contribution in [0.15, 0.2) is 57.9 Å². The summed E-state index contributed by atoms with van der Waals surface area (Å²) in [5, 5.41) is 0. The Morgan fingerprint density at radius 3 is 2.68 bits per heavy atom. The van der Waals surface area contributed by atoms with E-state index < -0.39 is 0 Å². The Bertz CT molecular complexity index is 970. The quantitative estimate of drug-likeness (QED) is 0.689. The van der Waals surface area contributed by atoms with Crippen LogP contribution in [0.2, 0.25) is 0 Å². The lowest BCUT2D eigenvalue weighted by atomic mass is 9.89. The third-order valence-corrected chi connectivity index (χ3v) is 5.66. The fourth-order valence-electron chi connectivity index (χ4n) is 4.11. The summed E-state index contributed by atoms with van der Waals surface area (Å²) in [6, 6.07) is 13.7. The summed E-state index contributed by atoms with van der Waals surface area (Å²) in [5.74, 6) is 1.75. The highest BCUT2D eigenvalue weighted by molar-refractivity contribution is 5.58. The van der Waals surface area contributed by atoms with Crippen LogP contribution in [0.25, 0.3) is 11.3 Å². The van der Waals surface area contributed by atoms with Crippen molar-refractivity contribution in [1.82, 2.24) is 9.55 Å².